The van der Waals surface area contributed by atoms with Gasteiger partial charge < -0.3 is 5.32 Å². The summed E-state index contributed by atoms with van der Waals surface area (Å²) in [5.41, 5.74) is 3.58. The molecule has 5 nitrogen and oxygen atoms in total. The summed E-state index contributed by atoms with van der Waals surface area (Å²) in [5.74, 6) is -0.361. The van der Waals surface area contributed by atoms with Crippen LogP contribution in [0.25, 0.3) is 0 Å². The number of hydrogen-bond acceptors (Lipinski definition) is 3. The number of anilines is 1. The summed E-state index contributed by atoms with van der Waals surface area (Å²) in [4.78, 5) is 13.7. The van der Waals surface area contributed by atoms with E-state index in [1.807, 2.05) is 61.5 Å². The number of aryl methyl sites for hydroxylation is 1. The van der Waals surface area contributed by atoms with Crippen LogP contribution < -0.4 is 9.62 Å². The van der Waals surface area contributed by atoms with E-state index in [0.29, 0.717) is 5.69 Å². The van der Waals surface area contributed by atoms with Gasteiger partial charge in [0.2, 0.25) is 0 Å². The lowest BCUT2D eigenvalue weighted by Crippen LogP contribution is -2.33. The molecular formula is C28H26N2O3S. The first-order valence-corrected chi connectivity index (χ1v) is 12.4. The minimum atomic E-state index is -3.83. The molecule has 0 aliphatic rings. The molecular weight excluding hydrogens is 444 g/mol. The maximum absolute atomic E-state index is 13.5. The quantitative estimate of drug-likeness (QED) is 0.397. The molecule has 6 heteroatoms. The van der Waals surface area contributed by atoms with Crippen molar-refractivity contribution in [1.29, 1.82) is 0 Å². The van der Waals surface area contributed by atoms with Crippen molar-refractivity contribution in [2.45, 2.75) is 17.9 Å². The normalized spacial score (nSPS) is 12.1. The molecule has 1 amide bonds. The molecule has 0 unspecified atom stereocenters. The highest BCUT2D eigenvalue weighted by molar-refractivity contribution is 7.92. The summed E-state index contributed by atoms with van der Waals surface area (Å²) in [5, 5.41) is 3.11. The Morgan fingerprint density at radius 3 is 1.91 bits per heavy atom. The van der Waals surface area contributed by atoms with Crippen LogP contribution in [0.5, 0.6) is 0 Å². The van der Waals surface area contributed by atoms with E-state index in [2.05, 4.69) is 5.32 Å². The monoisotopic (exact) mass is 470 g/mol. The molecule has 4 aromatic carbocycles. The molecule has 0 radical (unpaired) electrons. The molecule has 4 aromatic rings. The number of carbonyl (C=O) groups is 1. The van der Waals surface area contributed by atoms with Gasteiger partial charge in [0.25, 0.3) is 15.9 Å². The average Bonchev–Trinajstić information content (AvgIpc) is 2.88. The predicted octanol–water partition coefficient (Wildman–Crippen LogP) is 5.34. The van der Waals surface area contributed by atoms with Gasteiger partial charge in [-0.05, 0) is 42.3 Å². The van der Waals surface area contributed by atoms with Crippen molar-refractivity contribution < 1.29 is 13.2 Å². The highest BCUT2D eigenvalue weighted by Gasteiger charge is 2.26. The number of amides is 1. The van der Waals surface area contributed by atoms with E-state index in [1.54, 1.807) is 42.5 Å². The van der Waals surface area contributed by atoms with Gasteiger partial charge in [0.15, 0.2) is 0 Å². The Balaban J connectivity index is 1.70. The lowest BCUT2D eigenvalue weighted by Gasteiger charge is -2.24. The van der Waals surface area contributed by atoms with E-state index in [9.17, 15) is 13.2 Å². The Labute approximate surface area is 200 Å². The van der Waals surface area contributed by atoms with Crippen LogP contribution in [0.2, 0.25) is 0 Å². The van der Waals surface area contributed by atoms with Crippen molar-refractivity contribution in [2.24, 2.45) is 0 Å². The second-order valence-electron chi connectivity index (χ2n) is 8.03. The summed E-state index contributed by atoms with van der Waals surface area (Å²) in [6.07, 6.45) is 0. The minimum Gasteiger partial charge on any atom is -0.341 e. The smallest absolute Gasteiger partial charge is 0.264 e. The number of rotatable bonds is 7. The van der Waals surface area contributed by atoms with Crippen LogP contribution in [-0.2, 0) is 10.0 Å². The molecule has 0 aliphatic carbocycles. The predicted molar refractivity (Wildman–Crippen MR) is 135 cm³/mol. The standard InChI is InChI=1S/C28H26N2O3S/c1-21-17-19-23(20-18-21)27(22-11-5-3-6-12-22)29-28(31)25-15-9-10-16-26(25)30(2)34(32,33)24-13-7-4-8-14-24/h3-20,27H,1-2H3,(H,29,31)/t27-/m1/s1. The van der Waals surface area contributed by atoms with Gasteiger partial charge in [0.1, 0.15) is 0 Å². The number of sulfonamides is 1. The van der Waals surface area contributed by atoms with E-state index in [-0.39, 0.29) is 16.4 Å². The van der Waals surface area contributed by atoms with Crippen LogP contribution in [0.15, 0.2) is 114 Å². The van der Waals surface area contributed by atoms with Gasteiger partial charge in [-0.25, -0.2) is 8.42 Å². The van der Waals surface area contributed by atoms with Gasteiger partial charge in [0, 0.05) is 7.05 Å². The fourth-order valence-electron chi connectivity index (χ4n) is 3.79. The van der Waals surface area contributed by atoms with Crippen LogP contribution in [0.1, 0.15) is 33.1 Å². The number of nitrogens with one attached hydrogen (secondary N) is 1. The lowest BCUT2D eigenvalue weighted by molar-refractivity contribution is 0.0943. The Hall–Kier alpha value is -3.90. The zero-order chi connectivity index (χ0) is 24.1. The van der Waals surface area contributed by atoms with Crippen LogP contribution >= 0.6 is 0 Å². The first kappa shape index (κ1) is 23.3. The summed E-state index contributed by atoms with van der Waals surface area (Å²) >= 11 is 0. The van der Waals surface area contributed by atoms with Crippen molar-refractivity contribution in [3.8, 4) is 0 Å². The van der Waals surface area contributed by atoms with Crippen LogP contribution in [-0.4, -0.2) is 21.4 Å². The largest absolute Gasteiger partial charge is 0.341 e. The summed E-state index contributed by atoms with van der Waals surface area (Å²) in [6.45, 7) is 2.01. The van der Waals surface area contributed by atoms with Crippen LogP contribution in [0, 0.1) is 6.92 Å². The van der Waals surface area contributed by atoms with E-state index in [1.165, 1.54) is 19.2 Å². The van der Waals surface area contributed by atoms with E-state index >= 15 is 0 Å². The minimum absolute atomic E-state index is 0.162. The molecule has 1 N–H and O–H groups in total. The van der Waals surface area contributed by atoms with Crippen molar-refractivity contribution in [3.05, 3.63) is 131 Å². The first-order chi connectivity index (χ1) is 16.4. The van der Waals surface area contributed by atoms with Crippen molar-refractivity contribution in [2.75, 3.05) is 11.4 Å². The molecule has 0 aromatic heterocycles. The Bertz CT molecular complexity index is 1370. The molecule has 34 heavy (non-hydrogen) atoms. The summed E-state index contributed by atoms with van der Waals surface area (Å²) in [7, 11) is -2.37. The van der Waals surface area contributed by atoms with Crippen LogP contribution in [0.3, 0.4) is 0 Å². The molecule has 1 atom stereocenters. The van der Waals surface area contributed by atoms with E-state index in [0.717, 1.165) is 21.0 Å². The second kappa shape index (κ2) is 9.93. The molecule has 4 rings (SSSR count). The zero-order valence-electron chi connectivity index (χ0n) is 19.0. The van der Waals surface area contributed by atoms with E-state index < -0.39 is 16.1 Å². The third-order valence-electron chi connectivity index (χ3n) is 5.71. The van der Waals surface area contributed by atoms with Gasteiger partial charge in [-0.15, -0.1) is 0 Å². The van der Waals surface area contributed by atoms with Gasteiger partial charge in [-0.1, -0.05) is 90.5 Å². The molecule has 172 valence electrons. The van der Waals surface area contributed by atoms with Crippen molar-refractivity contribution >= 4 is 21.6 Å². The number of carbonyl (C=O) groups excluding carboxylic acids is 1. The molecule has 0 saturated heterocycles. The molecule has 0 heterocycles. The van der Waals surface area contributed by atoms with Gasteiger partial charge >= 0.3 is 0 Å². The molecule has 0 spiro atoms. The van der Waals surface area contributed by atoms with Gasteiger partial charge in [0.05, 0.1) is 22.2 Å². The Kier molecular flexibility index (Phi) is 6.80. The second-order valence-corrected chi connectivity index (χ2v) is 10.00. The molecule has 0 saturated carbocycles. The lowest BCUT2D eigenvalue weighted by atomic mass is 9.97. The SMILES string of the molecule is Cc1ccc([C@H](NC(=O)c2ccccc2N(C)S(=O)(=O)c2ccccc2)c2ccccc2)cc1. The Morgan fingerprint density at radius 1 is 0.735 bits per heavy atom. The van der Waals surface area contributed by atoms with Crippen LogP contribution in [0.4, 0.5) is 5.69 Å². The summed E-state index contributed by atoms with van der Waals surface area (Å²) < 4.78 is 27.6. The van der Waals surface area contributed by atoms with Gasteiger partial charge in [-0.3, -0.25) is 9.10 Å². The topological polar surface area (TPSA) is 66.5 Å². The molecule has 0 fully saturated rings. The van der Waals surface area contributed by atoms with Gasteiger partial charge in [-0.2, -0.15) is 0 Å². The maximum Gasteiger partial charge on any atom is 0.264 e. The van der Waals surface area contributed by atoms with Crippen molar-refractivity contribution in [3.63, 3.8) is 0 Å². The number of para-hydroxylation sites is 1. The fraction of sp³-hybridized carbons (Fsp3) is 0.107. The number of benzene rings is 4. The zero-order valence-corrected chi connectivity index (χ0v) is 19.9. The van der Waals surface area contributed by atoms with Crippen molar-refractivity contribution in [1.82, 2.24) is 5.32 Å². The number of hydrogen-bond donors (Lipinski definition) is 1. The van der Waals surface area contributed by atoms with E-state index in [4.69, 9.17) is 0 Å². The fourth-order valence-corrected chi connectivity index (χ4v) is 5.03. The number of nitrogens with zero attached hydrogens (tertiary/aromatic N) is 1. The highest BCUT2D eigenvalue weighted by Crippen LogP contribution is 2.28. The molecule has 0 bridgehead atoms. The Morgan fingerprint density at radius 2 is 1.26 bits per heavy atom. The third kappa shape index (κ3) is 4.87. The summed E-state index contributed by atoms with van der Waals surface area (Å²) in [6, 6.07) is 32.2. The highest BCUT2D eigenvalue weighted by atomic mass is 32.2. The maximum atomic E-state index is 13.5. The first-order valence-electron chi connectivity index (χ1n) is 10.9. The molecule has 0 aliphatic heterocycles. The third-order valence-corrected chi connectivity index (χ3v) is 7.49. The average molecular weight is 471 g/mol.